The van der Waals surface area contributed by atoms with E-state index >= 15 is 0 Å². The number of benzene rings is 2. The molecule has 0 aromatic heterocycles. The van der Waals surface area contributed by atoms with Gasteiger partial charge in [-0.3, -0.25) is 4.79 Å². The van der Waals surface area contributed by atoms with Crippen molar-refractivity contribution in [2.45, 2.75) is 6.92 Å². The molecule has 0 bridgehead atoms. The number of halogens is 1. The molecular weight excluding hydrogens is 247 g/mol. The van der Waals surface area contributed by atoms with E-state index in [1.165, 1.54) is 24.3 Å². The van der Waals surface area contributed by atoms with Crippen LogP contribution in [0.4, 0.5) is 4.39 Å². The molecule has 0 amide bonds. The third-order valence-electron chi connectivity index (χ3n) is 2.84. The van der Waals surface area contributed by atoms with E-state index in [0.717, 1.165) is 16.7 Å². The molecule has 4 heteroatoms. The Kier molecular flexibility index (Phi) is 3.42. The smallest absolute Gasteiger partial charge is 0.377 e. The second kappa shape index (κ2) is 5.02. The topological polar surface area (TPSA) is 54.4 Å². The highest BCUT2D eigenvalue weighted by Gasteiger charge is 2.14. The minimum atomic E-state index is -1.48. The molecule has 1 N–H and O–H groups in total. The minimum absolute atomic E-state index is 0.121. The van der Waals surface area contributed by atoms with Gasteiger partial charge in [0, 0.05) is 5.56 Å². The van der Waals surface area contributed by atoms with Gasteiger partial charge in [0.25, 0.3) is 5.78 Å². The molecule has 3 nitrogen and oxygen atoms in total. The van der Waals surface area contributed by atoms with Crippen LogP contribution >= 0.6 is 0 Å². The lowest BCUT2D eigenvalue weighted by atomic mass is 9.98. The molecular formula is C15H11FO3. The number of carboxylic acid groups (broad SMARTS) is 1. The van der Waals surface area contributed by atoms with Gasteiger partial charge in [0.15, 0.2) is 0 Å². The Bertz CT molecular complexity index is 645. The van der Waals surface area contributed by atoms with Crippen molar-refractivity contribution in [1.82, 2.24) is 0 Å². The Morgan fingerprint density at radius 1 is 1.05 bits per heavy atom. The summed E-state index contributed by atoms with van der Waals surface area (Å²) in [7, 11) is 0. The number of carboxylic acids is 1. The lowest BCUT2D eigenvalue weighted by molar-refractivity contribution is -0.131. The van der Waals surface area contributed by atoms with Crippen LogP contribution < -0.4 is 0 Å². The quantitative estimate of drug-likeness (QED) is 0.680. The third-order valence-corrected chi connectivity index (χ3v) is 2.84. The number of rotatable bonds is 3. The number of carbonyl (C=O) groups is 2. The van der Waals surface area contributed by atoms with Crippen molar-refractivity contribution >= 4 is 11.8 Å². The fourth-order valence-electron chi connectivity index (χ4n) is 1.88. The molecule has 0 spiro atoms. The fraction of sp³-hybridized carbons (Fsp3) is 0.0667. The van der Waals surface area contributed by atoms with Crippen LogP contribution in [0.3, 0.4) is 0 Å². The normalized spacial score (nSPS) is 10.2. The second-order valence-electron chi connectivity index (χ2n) is 4.17. The van der Waals surface area contributed by atoms with Crippen molar-refractivity contribution in [1.29, 1.82) is 0 Å². The molecule has 19 heavy (non-hydrogen) atoms. The Morgan fingerprint density at radius 2 is 1.68 bits per heavy atom. The summed E-state index contributed by atoms with van der Waals surface area (Å²) in [5, 5.41) is 8.61. The third kappa shape index (κ3) is 2.68. The zero-order valence-electron chi connectivity index (χ0n) is 10.2. The first-order valence-corrected chi connectivity index (χ1v) is 5.63. The molecule has 0 fully saturated rings. The summed E-state index contributed by atoms with van der Waals surface area (Å²) in [6.45, 7) is 1.79. The number of hydrogen-bond donors (Lipinski definition) is 1. The molecule has 2 rings (SSSR count). The highest BCUT2D eigenvalue weighted by Crippen LogP contribution is 2.24. The van der Waals surface area contributed by atoms with Gasteiger partial charge in [0.1, 0.15) is 5.82 Å². The Labute approximate surface area is 109 Å². The molecule has 0 radical (unpaired) electrons. The maximum Gasteiger partial charge on any atom is 0.377 e. The SMILES string of the molecule is Cc1cc(F)ccc1-c1ccc(C(=O)C(=O)O)cc1. The first-order valence-electron chi connectivity index (χ1n) is 5.63. The highest BCUT2D eigenvalue weighted by atomic mass is 19.1. The van der Waals surface area contributed by atoms with Crippen LogP contribution in [0.1, 0.15) is 15.9 Å². The zero-order chi connectivity index (χ0) is 14.0. The van der Waals surface area contributed by atoms with E-state index in [4.69, 9.17) is 5.11 Å². The van der Waals surface area contributed by atoms with Crippen molar-refractivity contribution < 1.29 is 19.1 Å². The van der Waals surface area contributed by atoms with E-state index in [2.05, 4.69) is 0 Å². The van der Waals surface area contributed by atoms with Crippen LogP contribution in [-0.2, 0) is 4.79 Å². The average Bonchev–Trinajstić information content (AvgIpc) is 2.38. The number of hydrogen-bond acceptors (Lipinski definition) is 2. The number of aliphatic carboxylic acids is 1. The van der Waals surface area contributed by atoms with Gasteiger partial charge in [0.2, 0.25) is 0 Å². The first-order chi connectivity index (χ1) is 8.99. The molecule has 0 aliphatic carbocycles. The van der Waals surface area contributed by atoms with Gasteiger partial charge < -0.3 is 5.11 Å². The first kappa shape index (κ1) is 13.0. The van der Waals surface area contributed by atoms with Crippen molar-refractivity contribution in [3.05, 3.63) is 59.4 Å². The van der Waals surface area contributed by atoms with Crippen LogP contribution in [0.2, 0.25) is 0 Å². The van der Waals surface area contributed by atoms with E-state index in [1.807, 2.05) is 0 Å². The maximum atomic E-state index is 13.0. The second-order valence-corrected chi connectivity index (χ2v) is 4.17. The summed E-state index contributed by atoms with van der Waals surface area (Å²) in [4.78, 5) is 21.8. The summed E-state index contributed by atoms with van der Waals surface area (Å²) in [5.41, 5.74) is 2.54. The van der Waals surface area contributed by atoms with Crippen molar-refractivity contribution in [2.75, 3.05) is 0 Å². The number of carbonyl (C=O) groups excluding carboxylic acids is 1. The van der Waals surface area contributed by atoms with E-state index in [9.17, 15) is 14.0 Å². The Morgan fingerprint density at radius 3 is 2.21 bits per heavy atom. The largest absolute Gasteiger partial charge is 0.475 e. The Hall–Kier alpha value is -2.49. The Balaban J connectivity index is 2.37. The van der Waals surface area contributed by atoms with Gasteiger partial charge >= 0.3 is 5.97 Å². The van der Waals surface area contributed by atoms with Crippen molar-refractivity contribution in [2.24, 2.45) is 0 Å². The molecule has 2 aromatic carbocycles. The molecule has 0 saturated carbocycles. The van der Waals surface area contributed by atoms with Crippen LogP contribution in [0.5, 0.6) is 0 Å². The maximum absolute atomic E-state index is 13.0. The van der Waals surface area contributed by atoms with E-state index in [1.54, 1.807) is 25.1 Å². The average molecular weight is 258 g/mol. The molecule has 2 aromatic rings. The van der Waals surface area contributed by atoms with Gasteiger partial charge in [0.05, 0.1) is 0 Å². The number of ketones is 1. The fourth-order valence-corrected chi connectivity index (χ4v) is 1.88. The lowest BCUT2D eigenvalue weighted by Gasteiger charge is -2.06. The summed E-state index contributed by atoms with van der Waals surface area (Å²) >= 11 is 0. The van der Waals surface area contributed by atoms with Crippen LogP contribution in [0.15, 0.2) is 42.5 Å². The predicted octanol–water partition coefficient (Wildman–Crippen LogP) is 3.07. The van der Waals surface area contributed by atoms with Crippen LogP contribution in [-0.4, -0.2) is 16.9 Å². The van der Waals surface area contributed by atoms with Gasteiger partial charge in [-0.05, 0) is 35.7 Å². The molecule has 96 valence electrons. The molecule has 0 heterocycles. The molecule has 0 aliphatic heterocycles. The zero-order valence-corrected chi connectivity index (χ0v) is 10.2. The summed E-state index contributed by atoms with van der Waals surface area (Å²) in [5.74, 6) is -2.73. The molecule has 0 unspecified atom stereocenters. The minimum Gasteiger partial charge on any atom is -0.475 e. The van der Waals surface area contributed by atoms with Crippen molar-refractivity contribution in [3.63, 3.8) is 0 Å². The van der Waals surface area contributed by atoms with Gasteiger partial charge in [-0.2, -0.15) is 0 Å². The molecule has 0 saturated heterocycles. The van der Waals surface area contributed by atoms with E-state index < -0.39 is 11.8 Å². The van der Waals surface area contributed by atoms with Crippen LogP contribution in [0, 0.1) is 12.7 Å². The monoisotopic (exact) mass is 258 g/mol. The highest BCUT2D eigenvalue weighted by molar-refractivity contribution is 6.39. The van der Waals surface area contributed by atoms with Gasteiger partial charge in [-0.15, -0.1) is 0 Å². The predicted molar refractivity (Wildman–Crippen MR) is 68.5 cm³/mol. The van der Waals surface area contributed by atoms with E-state index in [-0.39, 0.29) is 11.4 Å². The summed E-state index contributed by atoms with van der Waals surface area (Å²) in [6, 6.07) is 10.6. The number of aryl methyl sites for hydroxylation is 1. The van der Waals surface area contributed by atoms with Crippen molar-refractivity contribution in [3.8, 4) is 11.1 Å². The summed E-state index contributed by atoms with van der Waals surface area (Å²) < 4.78 is 13.0. The van der Waals surface area contributed by atoms with Crippen LogP contribution in [0.25, 0.3) is 11.1 Å². The summed E-state index contributed by atoms with van der Waals surface area (Å²) in [6.07, 6.45) is 0. The van der Waals surface area contributed by atoms with Gasteiger partial charge in [-0.1, -0.05) is 30.3 Å². The number of Topliss-reactive ketones (excluding diaryl/α,β-unsaturated/α-hetero) is 1. The molecule has 0 atom stereocenters. The molecule has 0 aliphatic rings. The van der Waals surface area contributed by atoms with E-state index in [0.29, 0.717) is 0 Å². The van der Waals surface area contributed by atoms with Gasteiger partial charge in [-0.25, -0.2) is 9.18 Å². The standard InChI is InChI=1S/C15H11FO3/c1-9-8-12(16)6-7-13(9)10-2-4-11(5-3-10)14(17)15(18)19/h2-8H,1H3,(H,18,19). The lowest BCUT2D eigenvalue weighted by Crippen LogP contribution is -2.12.